The summed E-state index contributed by atoms with van der Waals surface area (Å²) in [5.41, 5.74) is 9.91. The standard InChI is InChI=1S/C24H22FN7O2/c1-13-10-17(8-9-19(13)25)31-24(34)30-16-4-2-14(3-5-16)20-18(23(33)29-15-6-7-15)11-32-21(20)22(26)27-12-28-32/h2-5,8-12,15H,6-7H2,1H3,(H,29,33)(H2,26,27,28)(H2,30,31,34). The number of hydrogen-bond acceptors (Lipinski definition) is 5. The number of rotatable bonds is 5. The number of nitrogens with zero attached hydrogens (tertiary/aromatic N) is 3. The molecular formula is C24H22FN7O2. The Balaban J connectivity index is 1.40. The van der Waals surface area contributed by atoms with Crippen LogP contribution in [0.1, 0.15) is 28.8 Å². The molecule has 2 aromatic heterocycles. The Morgan fingerprint density at radius 3 is 2.50 bits per heavy atom. The van der Waals surface area contributed by atoms with E-state index in [9.17, 15) is 14.0 Å². The molecule has 0 spiro atoms. The summed E-state index contributed by atoms with van der Waals surface area (Å²) in [6, 6.07) is 11.1. The van der Waals surface area contributed by atoms with Crippen molar-refractivity contribution in [3.63, 3.8) is 0 Å². The number of nitrogens with one attached hydrogen (secondary N) is 3. The van der Waals surface area contributed by atoms with Crippen LogP contribution in [0.4, 0.5) is 26.4 Å². The van der Waals surface area contributed by atoms with Gasteiger partial charge in [-0.15, -0.1) is 0 Å². The maximum atomic E-state index is 13.4. The first-order chi connectivity index (χ1) is 16.4. The number of carbonyl (C=O) groups is 2. The van der Waals surface area contributed by atoms with Crippen LogP contribution >= 0.6 is 0 Å². The SMILES string of the molecule is Cc1cc(NC(=O)Nc2ccc(-c3c(C(=O)NC4CC4)cn4ncnc(N)c34)cc2)ccc1F. The maximum Gasteiger partial charge on any atom is 0.323 e. The zero-order valence-electron chi connectivity index (χ0n) is 18.3. The smallest absolute Gasteiger partial charge is 0.323 e. The Hall–Kier alpha value is -4.47. The van der Waals surface area contributed by atoms with Gasteiger partial charge in [-0.1, -0.05) is 12.1 Å². The second-order valence-corrected chi connectivity index (χ2v) is 8.22. The lowest BCUT2D eigenvalue weighted by atomic mass is 10.0. The molecule has 3 amide bonds. The summed E-state index contributed by atoms with van der Waals surface area (Å²) in [6.07, 6.45) is 4.92. The molecule has 0 bridgehead atoms. The summed E-state index contributed by atoms with van der Waals surface area (Å²) in [6.45, 7) is 1.62. The highest BCUT2D eigenvalue weighted by molar-refractivity contribution is 6.07. The van der Waals surface area contributed by atoms with Crippen molar-refractivity contribution >= 4 is 34.6 Å². The molecule has 10 heteroatoms. The number of carbonyl (C=O) groups excluding carboxylic acids is 2. The number of hydrogen-bond donors (Lipinski definition) is 4. The number of anilines is 3. The monoisotopic (exact) mass is 459 g/mol. The molecular weight excluding hydrogens is 437 g/mol. The van der Waals surface area contributed by atoms with Crippen LogP contribution in [0.15, 0.2) is 55.0 Å². The van der Waals surface area contributed by atoms with Crippen molar-refractivity contribution in [2.24, 2.45) is 0 Å². The van der Waals surface area contributed by atoms with Crippen LogP contribution in [0.25, 0.3) is 16.6 Å². The van der Waals surface area contributed by atoms with Crippen LogP contribution in [0.3, 0.4) is 0 Å². The van der Waals surface area contributed by atoms with Gasteiger partial charge in [-0.05, 0) is 61.2 Å². The van der Waals surface area contributed by atoms with E-state index in [1.807, 2.05) is 0 Å². The summed E-state index contributed by atoms with van der Waals surface area (Å²) in [5.74, 6) is -0.277. The van der Waals surface area contributed by atoms with E-state index < -0.39 is 6.03 Å². The Morgan fingerprint density at radius 2 is 1.79 bits per heavy atom. The third-order valence-corrected chi connectivity index (χ3v) is 5.61. The fourth-order valence-corrected chi connectivity index (χ4v) is 3.73. The number of nitrogens with two attached hydrogens (primary N) is 1. The lowest BCUT2D eigenvalue weighted by Gasteiger charge is -2.10. The summed E-state index contributed by atoms with van der Waals surface area (Å²) >= 11 is 0. The minimum absolute atomic E-state index is 0.196. The van der Waals surface area contributed by atoms with E-state index in [2.05, 4.69) is 26.0 Å². The highest BCUT2D eigenvalue weighted by Gasteiger charge is 2.27. The van der Waals surface area contributed by atoms with Gasteiger partial charge in [-0.2, -0.15) is 5.10 Å². The van der Waals surface area contributed by atoms with Crippen LogP contribution in [0, 0.1) is 12.7 Å². The lowest BCUT2D eigenvalue weighted by Crippen LogP contribution is -2.25. The number of nitrogen functional groups attached to an aromatic ring is 1. The average molecular weight is 459 g/mol. The van der Waals surface area contributed by atoms with Crippen molar-refractivity contribution in [3.05, 3.63) is 71.9 Å². The van der Waals surface area contributed by atoms with Gasteiger partial charge in [0.15, 0.2) is 5.82 Å². The molecule has 1 aliphatic rings. The third-order valence-electron chi connectivity index (χ3n) is 5.61. The van der Waals surface area contributed by atoms with E-state index in [0.29, 0.717) is 33.6 Å². The minimum atomic E-state index is -0.463. The molecule has 5 N–H and O–H groups in total. The van der Waals surface area contributed by atoms with E-state index in [4.69, 9.17) is 5.73 Å². The van der Waals surface area contributed by atoms with Crippen LogP contribution in [-0.2, 0) is 0 Å². The second-order valence-electron chi connectivity index (χ2n) is 8.22. The number of amides is 3. The molecule has 1 aliphatic carbocycles. The Labute approximate surface area is 194 Å². The van der Waals surface area contributed by atoms with Crippen LogP contribution < -0.4 is 21.7 Å². The molecule has 4 aromatic rings. The number of fused-ring (bicyclic) bond motifs is 1. The van der Waals surface area contributed by atoms with Crippen molar-refractivity contribution in [1.82, 2.24) is 19.9 Å². The maximum absolute atomic E-state index is 13.4. The molecule has 0 unspecified atom stereocenters. The molecule has 5 rings (SSSR count). The zero-order valence-corrected chi connectivity index (χ0v) is 18.3. The Kier molecular flexibility index (Phi) is 5.33. The van der Waals surface area contributed by atoms with Crippen molar-refractivity contribution in [1.29, 1.82) is 0 Å². The highest BCUT2D eigenvalue weighted by atomic mass is 19.1. The van der Waals surface area contributed by atoms with E-state index in [1.165, 1.54) is 18.5 Å². The molecule has 1 saturated carbocycles. The predicted octanol–water partition coefficient (Wildman–Crippen LogP) is 3.96. The van der Waals surface area contributed by atoms with E-state index >= 15 is 0 Å². The van der Waals surface area contributed by atoms with Gasteiger partial charge in [0, 0.05) is 29.2 Å². The van der Waals surface area contributed by atoms with Crippen LogP contribution in [-0.4, -0.2) is 32.6 Å². The van der Waals surface area contributed by atoms with Gasteiger partial charge in [0.25, 0.3) is 5.91 Å². The summed E-state index contributed by atoms with van der Waals surface area (Å²) < 4.78 is 15.0. The van der Waals surface area contributed by atoms with Crippen LogP contribution in [0.2, 0.25) is 0 Å². The fourth-order valence-electron chi connectivity index (χ4n) is 3.73. The molecule has 2 aromatic carbocycles. The number of aryl methyl sites for hydroxylation is 1. The van der Waals surface area contributed by atoms with Crippen molar-refractivity contribution < 1.29 is 14.0 Å². The third kappa shape index (κ3) is 4.25. The van der Waals surface area contributed by atoms with Crippen molar-refractivity contribution in [2.75, 3.05) is 16.4 Å². The van der Waals surface area contributed by atoms with Crippen molar-refractivity contribution in [2.45, 2.75) is 25.8 Å². The fraction of sp³-hybridized carbons (Fsp3) is 0.167. The van der Waals surface area contributed by atoms with Gasteiger partial charge in [0.1, 0.15) is 17.7 Å². The van der Waals surface area contributed by atoms with Gasteiger partial charge in [-0.25, -0.2) is 18.7 Å². The van der Waals surface area contributed by atoms with Crippen molar-refractivity contribution in [3.8, 4) is 11.1 Å². The molecule has 0 aliphatic heterocycles. The summed E-state index contributed by atoms with van der Waals surface area (Å²) in [4.78, 5) is 29.3. The highest BCUT2D eigenvalue weighted by Crippen LogP contribution is 2.33. The summed E-state index contributed by atoms with van der Waals surface area (Å²) in [5, 5.41) is 12.6. The zero-order chi connectivity index (χ0) is 23.8. The topological polar surface area (TPSA) is 126 Å². The number of urea groups is 1. The van der Waals surface area contributed by atoms with E-state index in [-0.39, 0.29) is 23.6 Å². The van der Waals surface area contributed by atoms with Gasteiger partial charge in [-0.3, -0.25) is 4.79 Å². The lowest BCUT2D eigenvalue weighted by molar-refractivity contribution is 0.0951. The molecule has 0 atom stereocenters. The molecule has 2 heterocycles. The average Bonchev–Trinajstić information content (AvgIpc) is 3.53. The molecule has 9 nitrogen and oxygen atoms in total. The molecule has 1 fully saturated rings. The first-order valence-electron chi connectivity index (χ1n) is 10.8. The van der Waals surface area contributed by atoms with E-state index in [0.717, 1.165) is 18.4 Å². The van der Waals surface area contributed by atoms with E-state index in [1.54, 1.807) is 48.0 Å². The molecule has 0 saturated heterocycles. The first-order valence-corrected chi connectivity index (χ1v) is 10.8. The molecule has 172 valence electrons. The van der Waals surface area contributed by atoms with Gasteiger partial charge >= 0.3 is 6.03 Å². The largest absolute Gasteiger partial charge is 0.382 e. The Morgan fingerprint density at radius 1 is 1.09 bits per heavy atom. The van der Waals surface area contributed by atoms with Gasteiger partial charge < -0.3 is 21.7 Å². The number of aromatic nitrogens is 3. The van der Waals surface area contributed by atoms with Gasteiger partial charge in [0.2, 0.25) is 0 Å². The predicted molar refractivity (Wildman–Crippen MR) is 127 cm³/mol. The number of halogens is 1. The molecule has 0 radical (unpaired) electrons. The second kappa shape index (κ2) is 8.47. The molecule has 34 heavy (non-hydrogen) atoms. The number of benzene rings is 2. The minimum Gasteiger partial charge on any atom is -0.382 e. The van der Waals surface area contributed by atoms with Gasteiger partial charge in [0.05, 0.1) is 5.56 Å². The Bertz CT molecular complexity index is 1410. The first kappa shape index (κ1) is 21.4. The van der Waals surface area contributed by atoms with Crippen LogP contribution in [0.5, 0.6) is 0 Å². The summed E-state index contributed by atoms with van der Waals surface area (Å²) in [7, 11) is 0. The quantitative estimate of drug-likeness (QED) is 0.359. The normalized spacial score (nSPS) is 13.0.